The standard InChI is InChI=1S/C25H35N3O3/c1-25(2,3)31-24(30)27(4)18-21-15-22(16-23(29)20-13-9-6-10-14-20)28(26-21)17-19-11-7-5-8-12-19/h6,9-10,13-15,19H,5,7-8,11-12,16-18H2,1-4H3. The summed E-state index contributed by atoms with van der Waals surface area (Å²) in [6, 6.07) is 11.3. The molecule has 1 saturated carbocycles. The quantitative estimate of drug-likeness (QED) is 0.568. The van der Waals surface area contributed by atoms with E-state index in [2.05, 4.69) is 0 Å². The predicted octanol–water partition coefficient (Wildman–Crippen LogP) is 5.26. The fourth-order valence-corrected chi connectivity index (χ4v) is 4.04. The van der Waals surface area contributed by atoms with Gasteiger partial charge in [0.05, 0.1) is 18.7 Å². The van der Waals surface area contributed by atoms with E-state index in [1.165, 1.54) is 37.0 Å². The number of hydrogen-bond donors (Lipinski definition) is 0. The molecule has 1 aliphatic rings. The van der Waals surface area contributed by atoms with Crippen molar-refractivity contribution in [1.82, 2.24) is 14.7 Å². The summed E-state index contributed by atoms with van der Waals surface area (Å²) < 4.78 is 7.45. The molecule has 31 heavy (non-hydrogen) atoms. The number of carbonyl (C=O) groups excluding carboxylic acids is 2. The zero-order valence-corrected chi connectivity index (χ0v) is 19.3. The van der Waals surface area contributed by atoms with Crippen LogP contribution in [0.2, 0.25) is 0 Å². The first kappa shape index (κ1) is 23.0. The molecule has 1 heterocycles. The maximum absolute atomic E-state index is 12.8. The fourth-order valence-electron chi connectivity index (χ4n) is 4.04. The van der Waals surface area contributed by atoms with Crippen LogP contribution in [0.15, 0.2) is 36.4 Å². The van der Waals surface area contributed by atoms with Crippen LogP contribution in [0.3, 0.4) is 0 Å². The van der Waals surface area contributed by atoms with Crippen molar-refractivity contribution in [3.8, 4) is 0 Å². The van der Waals surface area contributed by atoms with Crippen LogP contribution >= 0.6 is 0 Å². The van der Waals surface area contributed by atoms with Crippen LogP contribution in [-0.2, 0) is 24.2 Å². The lowest BCUT2D eigenvalue weighted by molar-refractivity contribution is 0.0282. The van der Waals surface area contributed by atoms with E-state index in [9.17, 15) is 9.59 Å². The average molecular weight is 426 g/mol. The van der Waals surface area contributed by atoms with Crippen LogP contribution < -0.4 is 0 Å². The molecule has 1 aliphatic carbocycles. The Hall–Kier alpha value is -2.63. The summed E-state index contributed by atoms with van der Waals surface area (Å²) in [6.45, 7) is 6.73. The molecular formula is C25H35N3O3. The summed E-state index contributed by atoms with van der Waals surface area (Å²) in [5, 5.41) is 4.78. The zero-order valence-electron chi connectivity index (χ0n) is 19.3. The highest BCUT2D eigenvalue weighted by Gasteiger charge is 2.22. The average Bonchev–Trinajstić information content (AvgIpc) is 3.08. The van der Waals surface area contributed by atoms with Crippen LogP contribution in [0.1, 0.15) is 74.6 Å². The number of nitrogens with zero attached hydrogens (tertiary/aromatic N) is 3. The van der Waals surface area contributed by atoms with E-state index in [1.807, 2.05) is 61.9 Å². The van der Waals surface area contributed by atoms with E-state index in [-0.39, 0.29) is 11.9 Å². The molecule has 6 heteroatoms. The van der Waals surface area contributed by atoms with Gasteiger partial charge in [0.2, 0.25) is 0 Å². The SMILES string of the molecule is CN(Cc1cc(CC(=O)c2ccccc2)n(CC2CCCCC2)n1)C(=O)OC(C)(C)C. The molecule has 0 atom stereocenters. The van der Waals surface area contributed by atoms with Crippen molar-refractivity contribution in [3.63, 3.8) is 0 Å². The van der Waals surface area contributed by atoms with Gasteiger partial charge in [-0.3, -0.25) is 9.48 Å². The monoisotopic (exact) mass is 425 g/mol. The van der Waals surface area contributed by atoms with Crippen LogP contribution in [0.5, 0.6) is 0 Å². The molecular weight excluding hydrogens is 390 g/mol. The summed E-state index contributed by atoms with van der Waals surface area (Å²) in [5.74, 6) is 0.674. The number of benzene rings is 1. The van der Waals surface area contributed by atoms with Gasteiger partial charge >= 0.3 is 6.09 Å². The number of ketones is 1. The van der Waals surface area contributed by atoms with Gasteiger partial charge in [-0.25, -0.2) is 4.79 Å². The van der Waals surface area contributed by atoms with Gasteiger partial charge in [-0.05, 0) is 45.6 Å². The number of aromatic nitrogens is 2. The summed E-state index contributed by atoms with van der Waals surface area (Å²) in [4.78, 5) is 26.7. The summed E-state index contributed by atoms with van der Waals surface area (Å²) in [7, 11) is 1.71. The lowest BCUT2D eigenvalue weighted by Crippen LogP contribution is -2.33. The zero-order chi connectivity index (χ0) is 22.4. The summed E-state index contributed by atoms with van der Waals surface area (Å²) in [6.07, 6.45) is 6.17. The van der Waals surface area contributed by atoms with Crippen LogP contribution in [0.4, 0.5) is 4.79 Å². The van der Waals surface area contributed by atoms with Gasteiger partial charge < -0.3 is 9.64 Å². The lowest BCUT2D eigenvalue weighted by Gasteiger charge is -2.24. The van der Waals surface area contributed by atoms with Crippen molar-refractivity contribution in [1.29, 1.82) is 0 Å². The van der Waals surface area contributed by atoms with Gasteiger partial charge in [0.15, 0.2) is 5.78 Å². The van der Waals surface area contributed by atoms with Crippen molar-refractivity contribution < 1.29 is 14.3 Å². The molecule has 0 saturated heterocycles. The molecule has 0 spiro atoms. The molecule has 0 N–H and O–H groups in total. The molecule has 1 aromatic carbocycles. The minimum Gasteiger partial charge on any atom is -0.444 e. The molecule has 1 fully saturated rings. The van der Waals surface area contributed by atoms with Crippen LogP contribution in [0.25, 0.3) is 0 Å². The Kier molecular flexibility index (Phi) is 7.52. The highest BCUT2D eigenvalue weighted by Crippen LogP contribution is 2.26. The second-order valence-electron chi connectivity index (χ2n) is 9.62. The van der Waals surface area contributed by atoms with Crippen molar-refractivity contribution >= 4 is 11.9 Å². The van der Waals surface area contributed by atoms with E-state index in [0.717, 1.165) is 17.9 Å². The molecule has 0 radical (unpaired) electrons. The van der Waals surface area contributed by atoms with Crippen LogP contribution in [-0.4, -0.2) is 39.2 Å². The Balaban J connectivity index is 1.76. The highest BCUT2D eigenvalue weighted by atomic mass is 16.6. The van der Waals surface area contributed by atoms with E-state index in [0.29, 0.717) is 24.4 Å². The molecule has 1 aromatic heterocycles. The van der Waals surface area contributed by atoms with Crippen LogP contribution in [0, 0.1) is 5.92 Å². The van der Waals surface area contributed by atoms with Gasteiger partial charge in [-0.15, -0.1) is 0 Å². The molecule has 0 bridgehead atoms. The first-order valence-electron chi connectivity index (χ1n) is 11.3. The van der Waals surface area contributed by atoms with Gasteiger partial charge in [0.25, 0.3) is 0 Å². The maximum atomic E-state index is 12.8. The van der Waals surface area contributed by atoms with E-state index in [1.54, 1.807) is 7.05 Å². The Labute approximate surface area is 185 Å². The maximum Gasteiger partial charge on any atom is 0.410 e. The van der Waals surface area contributed by atoms with Gasteiger partial charge in [-0.1, -0.05) is 49.6 Å². The minimum absolute atomic E-state index is 0.0810. The van der Waals surface area contributed by atoms with Crippen molar-refractivity contribution in [2.24, 2.45) is 5.92 Å². The molecule has 6 nitrogen and oxygen atoms in total. The molecule has 1 amide bonds. The first-order valence-corrected chi connectivity index (χ1v) is 11.3. The first-order chi connectivity index (χ1) is 14.7. The third kappa shape index (κ3) is 6.94. The number of carbonyl (C=O) groups is 2. The molecule has 168 valence electrons. The lowest BCUT2D eigenvalue weighted by atomic mass is 9.89. The third-order valence-corrected chi connectivity index (χ3v) is 5.61. The number of Topliss-reactive ketones (excluding diaryl/α,β-unsaturated/α-hetero) is 1. The Morgan fingerprint density at radius 2 is 1.81 bits per heavy atom. The summed E-state index contributed by atoms with van der Waals surface area (Å²) in [5.41, 5.74) is 1.85. The second-order valence-corrected chi connectivity index (χ2v) is 9.62. The molecule has 2 aromatic rings. The fraction of sp³-hybridized carbons (Fsp3) is 0.560. The predicted molar refractivity (Wildman–Crippen MR) is 121 cm³/mol. The smallest absolute Gasteiger partial charge is 0.410 e. The Morgan fingerprint density at radius 3 is 2.45 bits per heavy atom. The Bertz CT molecular complexity index is 877. The molecule has 0 unspecified atom stereocenters. The number of ether oxygens (including phenoxy) is 1. The van der Waals surface area contributed by atoms with Crippen molar-refractivity contribution in [2.75, 3.05) is 7.05 Å². The summed E-state index contributed by atoms with van der Waals surface area (Å²) >= 11 is 0. The van der Waals surface area contributed by atoms with Gasteiger partial charge in [-0.2, -0.15) is 5.10 Å². The van der Waals surface area contributed by atoms with Crippen molar-refractivity contribution in [3.05, 3.63) is 53.3 Å². The van der Waals surface area contributed by atoms with E-state index >= 15 is 0 Å². The second kappa shape index (κ2) is 10.1. The van der Waals surface area contributed by atoms with E-state index in [4.69, 9.17) is 9.84 Å². The number of rotatable bonds is 7. The third-order valence-electron chi connectivity index (χ3n) is 5.61. The molecule has 0 aliphatic heterocycles. The topological polar surface area (TPSA) is 64.4 Å². The van der Waals surface area contributed by atoms with Gasteiger partial charge in [0, 0.05) is 24.8 Å². The highest BCUT2D eigenvalue weighted by molar-refractivity contribution is 5.97. The largest absolute Gasteiger partial charge is 0.444 e. The van der Waals surface area contributed by atoms with Gasteiger partial charge in [0.1, 0.15) is 5.60 Å². The normalized spacial score (nSPS) is 15.0. The van der Waals surface area contributed by atoms with E-state index < -0.39 is 5.60 Å². The molecule has 3 rings (SSSR count). The van der Waals surface area contributed by atoms with Crippen molar-refractivity contribution in [2.45, 2.75) is 78.0 Å². The minimum atomic E-state index is -0.543. The number of hydrogen-bond acceptors (Lipinski definition) is 4. The Morgan fingerprint density at radius 1 is 1.13 bits per heavy atom. The number of amides is 1.